The first-order valence-electron chi connectivity index (χ1n) is 9.72. The molecule has 6 nitrogen and oxygen atoms in total. The molecule has 3 aromatic carbocycles. The van der Waals surface area contributed by atoms with Gasteiger partial charge in [-0.1, -0.05) is 72.8 Å². The average Bonchev–Trinajstić information content (AvgIpc) is 3.56. The molecule has 4 rings (SSSR count). The summed E-state index contributed by atoms with van der Waals surface area (Å²) in [5, 5.41) is 15.2. The zero-order chi connectivity index (χ0) is 21.1. The number of rotatable bonds is 6. The van der Waals surface area contributed by atoms with Gasteiger partial charge in [-0.25, -0.2) is 5.43 Å². The number of nitro groups is 1. The number of hydrogen-bond donors (Lipinski definition) is 1. The number of carbonyl (C=O) groups excluding carboxylic acids is 1. The lowest BCUT2D eigenvalue weighted by Gasteiger charge is -2.18. The number of nitro benzene ring substituents is 1. The van der Waals surface area contributed by atoms with Gasteiger partial charge in [-0.2, -0.15) is 5.10 Å². The van der Waals surface area contributed by atoms with Crippen molar-refractivity contribution in [3.05, 3.63) is 112 Å². The van der Waals surface area contributed by atoms with Gasteiger partial charge < -0.3 is 0 Å². The molecule has 1 N–H and O–H groups in total. The Morgan fingerprint density at radius 3 is 2.17 bits per heavy atom. The SMILES string of the molecule is C/C(=N/NC(=O)[C@@H]1CC1(c1ccccc1)c1ccccc1)c1cccc([N+](=O)[O-])c1. The van der Waals surface area contributed by atoms with Gasteiger partial charge in [0.15, 0.2) is 0 Å². The van der Waals surface area contributed by atoms with Gasteiger partial charge in [-0.3, -0.25) is 14.9 Å². The molecule has 0 saturated heterocycles. The zero-order valence-electron chi connectivity index (χ0n) is 16.5. The van der Waals surface area contributed by atoms with Gasteiger partial charge in [0.2, 0.25) is 5.91 Å². The summed E-state index contributed by atoms with van der Waals surface area (Å²) >= 11 is 0. The molecule has 0 bridgehead atoms. The third-order valence-corrected chi connectivity index (χ3v) is 5.66. The van der Waals surface area contributed by atoms with Gasteiger partial charge >= 0.3 is 0 Å². The molecule has 0 spiro atoms. The fraction of sp³-hybridized carbons (Fsp3) is 0.167. The Morgan fingerprint density at radius 1 is 1.00 bits per heavy atom. The van der Waals surface area contributed by atoms with E-state index in [9.17, 15) is 14.9 Å². The first kappa shape index (κ1) is 19.5. The van der Waals surface area contributed by atoms with E-state index in [4.69, 9.17) is 0 Å². The Balaban J connectivity index is 1.56. The first-order valence-corrected chi connectivity index (χ1v) is 9.72. The highest BCUT2D eigenvalue weighted by molar-refractivity contribution is 6.00. The van der Waals surface area contributed by atoms with Crippen LogP contribution in [-0.2, 0) is 10.2 Å². The number of non-ortho nitro benzene ring substituents is 1. The third-order valence-electron chi connectivity index (χ3n) is 5.66. The van der Waals surface area contributed by atoms with Gasteiger partial charge in [0, 0.05) is 23.1 Å². The number of carbonyl (C=O) groups is 1. The second kappa shape index (κ2) is 7.91. The highest BCUT2D eigenvalue weighted by Gasteiger charge is 2.60. The van der Waals surface area contributed by atoms with Crippen molar-refractivity contribution in [1.29, 1.82) is 0 Å². The molecule has 0 heterocycles. The Bertz CT molecular complexity index is 1070. The molecule has 1 aliphatic carbocycles. The maximum Gasteiger partial charge on any atom is 0.270 e. The van der Waals surface area contributed by atoms with Gasteiger partial charge in [0.1, 0.15) is 0 Å². The van der Waals surface area contributed by atoms with Crippen LogP contribution in [0.3, 0.4) is 0 Å². The smallest absolute Gasteiger partial charge is 0.270 e. The van der Waals surface area contributed by atoms with E-state index < -0.39 is 4.92 Å². The molecule has 150 valence electrons. The standard InChI is InChI=1S/C24H21N3O3/c1-17(18-9-8-14-21(15-18)27(29)30)25-26-23(28)22-16-24(22,19-10-4-2-5-11-19)20-12-6-3-7-13-20/h2-15,22H,16H2,1H3,(H,26,28)/b25-17-/t22-/m0/s1. The summed E-state index contributed by atoms with van der Waals surface area (Å²) in [6.07, 6.45) is 0.707. The maximum absolute atomic E-state index is 13.0. The molecule has 6 heteroatoms. The number of nitrogens with one attached hydrogen (secondary N) is 1. The summed E-state index contributed by atoms with van der Waals surface area (Å²) in [4.78, 5) is 23.5. The van der Waals surface area contributed by atoms with Gasteiger partial charge in [0.25, 0.3) is 5.69 Å². The minimum atomic E-state index is -0.451. The van der Waals surface area contributed by atoms with Crippen molar-refractivity contribution in [3.8, 4) is 0 Å². The summed E-state index contributed by atoms with van der Waals surface area (Å²) in [7, 11) is 0. The van der Waals surface area contributed by atoms with Crippen molar-refractivity contribution in [2.75, 3.05) is 0 Å². The monoisotopic (exact) mass is 399 g/mol. The Morgan fingerprint density at radius 2 is 1.60 bits per heavy atom. The predicted molar refractivity (Wildman–Crippen MR) is 115 cm³/mol. The van der Waals surface area contributed by atoms with Crippen LogP contribution in [-0.4, -0.2) is 16.5 Å². The van der Waals surface area contributed by atoms with E-state index in [0.717, 1.165) is 11.1 Å². The van der Waals surface area contributed by atoms with E-state index in [1.807, 2.05) is 36.4 Å². The molecular weight excluding hydrogens is 378 g/mol. The van der Waals surface area contributed by atoms with Crippen LogP contribution in [0.15, 0.2) is 90.0 Å². The molecule has 0 radical (unpaired) electrons. The summed E-state index contributed by atoms with van der Waals surface area (Å²) in [5.41, 5.74) is 5.62. The van der Waals surface area contributed by atoms with E-state index >= 15 is 0 Å². The summed E-state index contributed by atoms with van der Waals surface area (Å²) < 4.78 is 0. The van der Waals surface area contributed by atoms with Crippen LogP contribution in [0.4, 0.5) is 5.69 Å². The Hall–Kier alpha value is -3.80. The summed E-state index contributed by atoms with van der Waals surface area (Å²) in [6, 6.07) is 26.3. The molecule has 0 unspecified atom stereocenters. The fourth-order valence-electron chi connectivity index (χ4n) is 3.98. The highest BCUT2D eigenvalue weighted by Crippen LogP contribution is 2.58. The number of hydrazone groups is 1. The third kappa shape index (κ3) is 3.59. The zero-order valence-corrected chi connectivity index (χ0v) is 16.5. The van der Waals surface area contributed by atoms with Crippen molar-refractivity contribution in [1.82, 2.24) is 5.43 Å². The van der Waals surface area contributed by atoms with E-state index in [-0.39, 0.29) is 22.9 Å². The molecule has 1 amide bonds. The number of nitrogens with zero attached hydrogens (tertiary/aromatic N) is 2. The molecular formula is C24H21N3O3. The van der Waals surface area contributed by atoms with Gasteiger partial charge in [0.05, 0.1) is 16.6 Å². The molecule has 1 aliphatic rings. The van der Waals surface area contributed by atoms with Crippen molar-refractivity contribution in [2.24, 2.45) is 11.0 Å². The van der Waals surface area contributed by atoms with E-state index in [0.29, 0.717) is 17.7 Å². The lowest BCUT2D eigenvalue weighted by molar-refractivity contribution is -0.384. The molecule has 3 aromatic rings. The second-order valence-corrected chi connectivity index (χ2v) is 7.44. The van der Waals surface area contributed by atoms with Crippen molar-refractivity contribution in [3.63, 3.8) is 0 Å². The lowest BCUT2D eigenvalue weighted by atomic mass is 9.85. The van der Waals surface area contributed by atoms with Crippen LogP contribution in [0.5, 0.6) is 0 Å². The van der Waals surface area contributed by atoms with E-state index in [1.165, 1.54) is 12.1 Å². The van der Waals surface area contributed by atoms with Crippen LogP contribution in [0, 0.1) is 16.0 Å². The van der Waals surface area contributed by atoms with Crippen LogP contribution in [0.25, 0.3) is 0 Å². The molecule has 1 saturated carbocycles. The van der Waals surface area contributed by atoms with Crippen LogP contribution >= 0.6 is 0 Å². The van der Waals surface area contributed by atoms with Crippen molar-refractivity contribution >= 4 is 17.3 Å². The van der Waals surface area contributed by atoms with Crippen LogP contribution in [0.2, 0.25) is 0 Å². The fourth-order valence-corrected chi connectivity index (χ4v) is 3.98. The lowest BCUT2D eigenvalue weighted by Crippen LogP contribution is -2.26. The minimum absolute atomic E-state index is 0.0114. The first-order chi connectivity index (χ1) is 14.5. The number of hydrogen-bond acceptors (Lipinski definition) is 4. The summed E-state index contributed by atoms with van der Waals surface area (Å²) in [5.74, 6) is -0.392. The quantitative estimate of drug-likeness (QED) is 0.378. The summed E-state index contributed by atoms with van der Waals surface area (Å²) in [6.45, 7) is 1.72. The van der Waals surface area contributed by atoms with E-state index in [1.54, 1.807) is 19.1 Å². The van der Waals surface area contributed by atoms with E-state index in [2.05, 4.69) is 34.8 Å². The van der Waals surface area contributed by atoms with Crippen molar-refractivity contribution in [2.45, 2.75) is 18.8 Å². The Kier molecular flexibility index (Phi) is 5.14. The normalized spacial score (nSPS) is 17.2. The number of amides is 1. The van der Waals surface area contributed by atoms with Gasteiger partial charge in [-0.05, 0) is 24.5 Å². The molecule has 0 aromatic heterocycles. The maximum atomic E-state index is 13.0. The average molecular weight is 399 g/mol. The van der Waals surface area contributed by atoms with Crippen LogP contribution in [0.1, 0.15) is 30.0 Å². The highest BCUT2D eigenvalue weighted by atomic mass is 16.6. The minimum Gasteiger partial charge on any atom is -0.273 e. The molecule has 30 heavy (non-hydrogen) atoms. The van der Waals surface area contributed by atoms with Crippen molar-refractivity contribution < 1.29 is 9.72 Å². The molecule has 1 atom stereocenters. The molecule has 0 aliphatic heterocycles. The van der Waals surface area contributed by atoms with Gasteiger partial charge in [-0.15, -0.1) is 0 Å². The second-order valence-electron chi connectivity index (χ2n) is 7.44. The molecule has 1 fully saturated rings. The van der Waals surface area contributed by atoms with Crippen LogP contribution < -0.4 is 5.43 Å². The Labute approximate surface area is 174 Å². The largest absolute Gasteiger partial charge is 0.273 e. The number of benzene rings is 3. The topological polar surface area (TPSA) is 84.6 Å². The predicted octanol–water partition coefficient (Wildman–Crippen LogP) is 4.44.